The van der Waals surface area contributed by atoms with Crippen molar-refractivity contribution in [2.24, 2.45) is 0 Å². The molecule has 0 saturated carbocycles. The highest BCUT2D eigenvalue weighted by Crippen LogP contribution is 2.27. The number of nitrogens with one attached hydrogen (secondary N) is 1. The predicted molar refractivity (Wildman–Crippen MR) is 88.2 cm³/mol. The van der Waals surface area contributed by atoms with Gasteiger partial charge in [-0.1, -0.05) is 12.1 Å². The van der Waals surface area contributed by atoms with Crippen molar-refractivity contribution in [3.63, 3.8) is 0 Å². The van der Waals surface area contributed by atoms with Crippen LogP contribution < -0.4 is 16.0 Å². The van der Waals surface area contributed by atoms with Gasteiger partial charge in [-0.3, -0.25) is 10.1 Å². The fourth-order valence-electron chi connectivity index (χ4n) is 2.75. The minimum absolute atomic E-state index is 0.0256. The van der Waals surface area contributed by atoms with Crippen molar-refractivity contribution in [3.8, 4) is 11.3 Å². The number of anilines is 2. The van der Waals surface area contributed by atoms with Crippen molar-refractivity contribution in [2.75, 3.05) is 30.8 Å². The number of nitrogen functional groups attached to an aromatic ring is 1. The van der Waals surface area contributed by atoms with Gasteiger partial charge in [0.25, 0.3) is 5.69 Å². The minimum Gasteiger partial charge on any atom is -0.368 e. The molecule has 0 bridgehead atoms. The summed E-state index contributed by atoms with van der Waals surface area (Å²) in [7, 11) is 1.94. The summed E-state index contributed by atoms with van der Waals surface area (Å²) in [5.41, 5.74) is 7.10. The third-order valence-corrected chi connectivity index (χ3v) is 4.00. The van der Waals surface area contributed by atoms with E-state index in [2.05, 4.69) is 20.2 Å². The third kappa shape index (κ3) is 3.21. The van der Waals surface area contributed by atoms with E-state index in [4.69, 9.17) is 5.73 Å². The van der Waals surface area contributed by atoms with E-state index in [9.17, 15) is 10.1 Å². The van der Waals surface area contributed by atoms with E-state index >= 15 is 0 Å². The van der Waals surface area contributed by atoms with Gasteiger partial charge in [-0.05, 0) is 13.5 Å². The number of likely N-dealkylation sites (N-methyl/N-ethyl adjacent to an activating group) is 1. The molecule has 120 valence electrons. The summed E-state index contributed by atoms with van der Waals surface area (Å²) in [5.74, 6) is 0.911. The molecule has 3 N–H and O–H groups in total. The monoisotopic (exact) mass is 314 g/mol. The van der Waals surface area contributed by atoms with E-state index < -0.39 is 4.92 Å². The van der Waals surface area contributed by atoms with Gasteiger partial charge in [-0.15, -0.1) is 0 Å². The fraction of sp³-hybridized carbons (Fsp3) is 0.333. The highest BCUT2D eigenvalue weighted by Gasteiger charge is 2.23. The lowest BCUT2D eigenvalue weighted by Gasteiger charge is -2.18. The highest BCUT2D eigenvalue weighted by molar-refractivity contribution is 5.66. The average molecular weight is 314 g/mol. The zero-order valence-corrected chi connectivity index (χ0v) is 12.8. The van der Waals surface area contributed by atoms with Gasteiger partial charge in [-0.2, -0.15) is 4.98 Å². The third-order valence-electron chi connectivity index (χ3n) is 4.00. The first-order valence-corrected chi connectivity index (χ1v) is 7.38. The summed E-state index contributed by atoms with van der Waals surface area (Å²) in [5, 5.41) is 14.2. The number of hydrogen-bond donors (Lipinski definition) is 2. The largest absolute Gasteiger partial charge is 0.368 e. The first kappa shape index (κ1) is 15.2. The molecule has 0 spiro atoms. The second-order valence-electron chi connectivity index (χ2n) is 5.50. The summed E-state index contributed by atoms with van der Waals surface area (Å²) in [6.07, 6.45) is 1.03. The molecule has 0 amide bonds. The normalized spacial score (nSPS) is 17.4. The second-order valence-corrected chi connectivity index (χ2v) is 5.50. The Hall–Kier alpha value is -2.74. The Balaban J connectivity index is 1.95. The maximum Gasteiger partial charge on any atom is 0.270 e. The van der Waals surface area contributed by atoms with Crippen LogP contribution in [-0.4, -0.2) is 41.1 Å². The molecule has 1 atom stereocenters. The lowest BCUT2D eigenvalue weighted by molar-refractivity contribution is -0.384. The molecule has 1 saturated heterocycles. The Bertz CT molecular complexity index is 736. The molecule has 1 aliphatic rings. The Morgan fingerprint density at radius 2 is 2.22 bits per heavy atom. The SMILES string of the molecule is CN[C@H]1CCN(c2cc(-c3cccc([N+](=O)[O-])c3)nc(N)n2)C1. The van der Waals surface area contributed by atoms with Gasteiger partial charge in [0.2, 0.25) is 5.95 Å². The topological polar surface area (TPSA) is 110 Å². The van der Waals surface area contributed by atoms with Crippen molar-refractivity contribution < 1.29 is 4.92 Å². The minimum atomic E-state index is -0.424. The summed E-state index contributed by atoms with van der Waals surface area (Å²) in [6.45, 7) is 1.73. The summed E-state index contributed by atoms with van der Waals surface area (Å²) in [4.78, 5) is 21.2. The van der Waals surface area contributed by atoms with Crippen LogP contribution in [0.15, 0.2) is 30.3 Å². The number of nitrogens with two attached hydrogens (primary N) is 1. The number of nitrogens with zero attached hydrogens (tertiary/aromatic N) is 4. The number of nitro benzene ring substituents is 1. The van der Waals surface area contributed by atoms with Crippen LogP contribution in [0.5, 0.6) is 0 Å². The van der Waals surface area contributed by atoms with Gasteiger partial charge in [0.1, 0.15) is 5.82 Å². The number of rotatable bonds is 4. The van der Waals surface area contributed by atoms with Crippen molar-refractivity contribution in [3.05, 3.63) is 40.4 Å². The lowest BCUT2D eigenvalue weighted by atomic mass is 10.1. The van der Waals surface area contributed by atoms with Crippen LogP contribution in [0.4, 0.5) is 17.5 Å². The van der Waals surface area contributed by atoms with E-state index in [0.717, 1.165) is 25.3 Å². The maximum atomic E-state index is 10.9. The Labute approximate surface area is 133 Å². The lowest BCUT2D eigenvalue weighted by Crippen LogP contribution is -2.30. The standard InChI is InChI=1S/C15H18N6O2/c1-17-11-5-6-20(9-11)14-8-13(18-15(16)19-14)10-3-2-4-12(7-10)21(22)23/h2-4,7-8,11,17H,5-6,9H2,1H3,(H2,16,18,19)/t11-/m0/s1. The second kappa shape index (κ2) is 6.17. The van der Waals surface area contributed by atoms with E-state index in [1.165, 1.54) is 12.1 Å². The van der Waals surface area contributed by atoms with Gasteiger partial charge in [0.15, 0.2) is 0 Å². The van der Waals surface area contributed by atoms with Crippen LogP contribution in [0.3, 0.4) is 0 Å². The summed E-state index contributed by atoms with van der Waals surface area (Å²) < 4.78 is 0. The molecular formula is C15H18N6O2. The number of non-ortho nitro benzene ring substituents is 1. The van der Waals surface area contributed by atoms with Crippen LogP contribution in [0.2, 0.25) is 0 Å². The molecule has 0 radical (unpaired) electrons. The molecule has 1 aromatic heterocycles. The number of benzene rings is 1. The molecule has 2 heterocycles. The first-order valence-electron chi connectivity index (χ1n) is 7.38. The number of aromatic nitrogens is 2. The van der Waals surface area contributed by atoms with E-state index in [1.807, 2.05) is 13.1 Å². The Morgan fingerprint density at radius 3 is 2.91 bits per heavy atom. The van der Waals surface area contributed by atoms with Gasteiger partial charge in [-0.25, -0.2) is 4.98 Å². The number of hydrogen-bond acceptors (Lipinski definition) is 7. The molecule has 8 nitrogen and oxygen atoms in total. The number of nitro groups is 1. The molecule has 1 fully saturated rings. The molecule has 8 heteroatoms. The van der Waals surface area contributed by atoms with Crippen molar-refractivity contribution in [1.29, 1.82) is 0 Å². The molecule has 1 aliphatic heterocycles. The van der Waals surface area contributed by atoms with Crippen molar-refractivity contribution in [2.45, 2.75) is 12.5 Å². The van der Waals surface area contributed by atoms with E-state index in [0.29, 0.717) is 17.3 Å². The van der Waals surface area contributed by atoms with Crippen LogP contribution >= 0.6 is 0 Å². The Kier molecular flexibility index (Phi) is 4.07. The van der Waals surface area contributed by atoms with Gasteiger partial charge in [0, 0.05) is 42.9 Å². The summed E-state index contributed by atoms with van der Waals surface area (Å²) in [6, 6.07) is 8.61. The molecule has 0 aliphatic carbocycles. The van der Waals surface area contributed by atoms with Crippen molar-refractivity contribution in [1.82, 2.24) is 15.3 Å². The van der Waals surface area contributed by atoms with Crippen LogP contribution in [0, 0.1) is 10.1 Å². The predicted octanol–water partition coefficient (Wildman–Crippen LogP) is 1.43. The van der Waals surface area contributed by atoms with Crippen LogP contribution in [-0.2, 0) is 0 Å². The average Bonchev–Trinajstić information content (AvgIpc) is 3.03. The first-order chi connectivity index (χ1) is 11.1. The molecule has 0 unspecified atom stereocenters. The fourth-order valence-corrected chi connectivity index (χ4v) is 2.75. The van der Waals surface area contributed by atoms with E-state index in [1.54, 1.807) is 12.1 Å². The van der Waals surface area contributed by atoms with Crippen LogP contribution in [0.25, 0.3) is 11.3 Å². The molecular weight excluding hydrogens is 296 g/mol. The summed E-state index contributed by atoms with van der Waals surface area (Å²) >= 11 is 0. The zero-order chi connectivity index (χ0) is 16.4. The van der Waals surface area contributed by atoms with E-state index in [-0.39, 0.29) is 11.6 Å². The Morgan fingerprint density at radius 1 is 1.39 bits per heavy atom. The highest BCUT2D eigenvalue weighted by atomic mass is 16.6. The van der Waals surface area contributed by atoms with Gasteiger partial charge >= 0.3 is 0 Å². The van der Waals surface area contributed by atoms with Gasteiger partial charge < -0.3 is 16.0 Å². The van der Waals surface area contributed by atoms with Crippen LogP contribution in [0.1, 0.15) is 6.42 Å². The molecule has 23 heavy (non-hydrogen) atoms. The maximum absolute atomic E-state index is 10.9. The quantitative estimate of drug-likeness (QED) is 0.648. The van der Waals surface area contributed by atoms with Crippen molar-refractivity contribution >= 4 is 17.5 Å². The molecule has 2 aromatic rings. The smallest absolute Gasteiger partial charge is 0.270 e. The zero-order valence-electron chi connectivity index (χ0n) is 12.8. The van der Waals surface area contributed by atoms with Gasteiger partial charge in [0.05, 0.1) is 10.6 Å². The molecule has 1 aromatic carbocycles. The molecule has 3 rings (SSSR count).